The number of alkyl halides is 1. The van der Waals surface area contributed by atoms with Gasteiger partial charge in [0.2, 0.25) is 0 Å². The second kappa shape index (κ2) is 4.61. The van der Waals surface area contributed by atoms with E-state index in [-0.39, 0.29) is 5.56 Å². The van der Waals surface area contributed by atoms with E-state index in [0.29, 0.717) is 5.56 Å². The molecule has 2 aromatic rings. The molecular weight excluding hydrogens is 290 g/mol. The van der Waals surface area contributed by atoms with Crippen LogP contribution >= 0.6 is 15.9 Å². The fraction of sp³-hybridized carbons (Fsp3) is 0.231. The van der Waals surface area contributed by atoms with Crippen LogP contribution in [0.15, 0.2) is 28.9 Å². The molecule has 0 radical (unpaired) electrons. The van der Waals surface area contributed by atoms with Crippen molar-refractivity contribution in [2.24, 2.45) is 0 Å². The van der Waals surface area contributed by atoms with Gasteiger partial charge in [-0.25, -0.2) is 8.78 Å². The Bertz CT molecular complexity index is 548. The van der Waals surface area contributed by atoms with Crippen LogP contribution in [0.3, 0.4) is 0 Å². The first-order valence-corrected chi connectivity index (χ1v) is 6.05. The Morgan fingerprint density at radius 2 is 1.82 bits per heavy atom. The molecule has 0 saturated carbocycles. The number of aryl methyl sites for hydroxylation is 2. The molecule has 0 bridgehead atoms. The largest absolute Gasteiger partial charge is 0.469 e. The first-order chi connectivity index (χ1) is 7.99. The molecule has 2 rings (SSSR count). The number of rotatable bonds is 2. The Morgan fingerprint density at radius 3 is 2.41 bits per heavy atom. The summed E-state index contributed by atoms with van der Waals surface area (Å²) in [4.78, 5) is -0.407. The van der Waals surface area contributed by atoms with E-state index >= 15 is 0 Å². The number of hydrogen-bond donors (Lipinski definition) is 0. The molecule has 0 aliphatic carbocycles. The van der Waals surface area contributed by atoms with Gasteiger partial charge < -0.3 is 4.42 Å². The average Bonchev–Trinajstić information content (AvgIpc) is 2.69. The summed E-state index contributed by atoms with van der Waals surface area (Å²) in [6.07, 6.45) is 1.53. The van der Waals surface area contributed by atoms with Gasteiger partial charge in [0.05, 0.1) is 11.1 Å². The molecule has 1 atom stereocenters. The van der Waals surface area contributed by atoms with E-state index in [1.54, 1.807) is 13.0 Å². The lowest BCUT2D eigenvalue weighted by Gasteiger charge is -2.10. The summed E-state index contributed by atoms with van der Waals surface area (Å²) >= 11 is 3.35. The Morgan fingerprint density at radius 1 is 1.12 bits per heavy atom. The third-order valence-electron chi connectivity index (χ3n) is 2.59. The summed E-state index contributed by atoms with van der Waals surface area (Å²) in [6, 6.07) is 4.20. The Hall–Kier alpha value is -1.16. The van der Waals surface area contributed by atoms with Crippen LogP contribution in [0.2, 0.25) is 0 Å². The molecule has 0 amide bonds. The molecule has 0 aliphatic heterocycles. The lowest BCUT2D eigenvalue weighted by molar-refractivity contribution is 0.531. The van der Waals surface area contributed by atoms with Crippen molar-refractivity contribution >= 4 is 15.9 Å². The van der Waals surface area contributed by atoms with Crippen LogP contribution in [0, 0.1) is 25.5 Å². The predicted molar refractivity (Wildman–Crippen MR) is 65.3 cm³/mol. The molecule has 0 fully saturated rings. The van der Waals surface area contributed by atoms with Gasteiger partial charge in [-0.2, -0.15) is 0 Å². The van der Waals surface area contributed by atoms with Gasteiger partial charge in [0, 0.05) is 11.1 Å². The predicted octanol–water partition coefficient (Wildman–Crippen LogP) is 4.66. The van der Waals surface area contributed by atoms with Crippen molar-refractivity contribution in [3.8, 4) is 0 Å². The van der Waals surface area contributed by atoms with Crippen molar-refractivity contribution in [2.45, 2.75) is 18.7 Å². The second-order valence-electron chi connectivity index (χ2n) is 3.98. The van der Waals surface area contributed by atoms with Crippen molar-refractivity contribution < 1.29 is 13.2 Å². The maximum absolute atomic E-state index is 13.7. The van der Waals surface area contributed by atoms with Crippen LogP contribution in [-0.4, -0.2) is 0 Å². The van der Waals surface area contributed by atoms with Crippen LogP contribution in [-0.2, 0) is 0 Å². The maximum Gasteiger partial charge on any atom is 0.128 e. The minimum atomic E-state index is -0.426. The monoisotopic (exact) mass is 300 g/mol. The molecule has 90 valence electrons. The molecule has 1 unspecified atom stereocenters. The normalized spacial score (nSPS) is 12.8. The Kier molecular flexibility index (Phi) is 3.33. The molecule has 0 aliphatic rings. The Labute approximate surface area is 107 Å². The molecule has 4 heteroatoms. The van der Waals surface area contributed by atoms with Gasteiger partial charge in [0.15, 0.2) is 0 Å². The molecule has 1 heterocycles. The van der Waals surface area contributed by atoms with Gasteiger partial charge in [-0.05, 0) is 37.6 Å². The highest BCUT2D eigenvalue weighted by molar-refractivity contribution is 9.09. The lowest BCUT2D eigenvalue weighted by atomic mass is 10.0. The van der Waals surface area contributed by atoms with Crippen LogP contribution in [0.25, 0.3) is 0 Å². The average molecular weight is 301 g/mol. The second-order valence-corrected chi connectivity index (χ2v) is 4.89. The van der Waals surface area contributed by atoms with Gasteiger partial charge in [-0.1, -0.05) is 15.9 Å². The summed E-state index contributed by atoms with van der Waals surface area (Å²) in [6.45, 7) is 3.34. The van der Waals surface area contributed by atoms with E-state index in [9.17, 15) is 8.78 Å². The molecular formula is C13H11BrF2O. The van der Waals surface area contributed by atoms with Crippen molar-refractivity contribution in [1.82, 2.24) is 0 Å². The molecule has 1 nitrogen and oxygen atoms in total. The van der Waals surface area contributed by atoms with Gasteiger partial charge in [-0.3, -0.25) is 0 Å². The number of hydrogen-bond acceptors (Lipinski definition) is 1. The molecule has 1 aromatic carbocycles. The zero-order valence-corrected chi connectivity index (χ0v) is 11.0. The molecule has 1 aromatic heterocycles. The lowest BCUT2D eigenvalue weighted by Crippen LogP contribution is -1.98. The summed E-state index contributed by atoms with van der Waals surface area (Å²) in [5, 5.41) is 0. The molecule has 0 saturated heterocycles. The topological polar surface area (TPSA) is 13.1 Å². The number of furan rings is 1. The fourth-order valence-electron chi connectivity index (χ4n) is 1.63. The van der Waals surface area contributed by atoms with Crippen LogP contribution in [0.5, 0.6) is 0 Å². The van der Waals surface area contributed by atoms with Gasteiger partial charge in [-0.15, -0.1) is 0 Å². The van der Waals surface area contributed by atoms with E-state index in [1.807, 2.05) is 0 Å². The zero-order chi connectivity index (χ0) is 12.6. The third-order valence-corrected chi connectivity index (χ3v) is 3.62. The van der Waals surface area contributed by atoms with E-state index in [2.05, 4.69) is 15.9 Å². The van der Waals surface area contributed by atoms with E-state index in [0.717, 1.165) is 11.3 Å². The first-order valence-electron chi connectivity index (χ1n) is 5.13. The SMILES string of the molecule is Cc1cc(C(Br)c2cc(F)c(C)cc2F)co1. The van der Waals surface area contributed by atoms with Crippen molar-refractivity contribution in [2.75, 3.05) is 0 Å². The van der Waals surface area contributed by atoms with Crippen LogP contribution < -0.4 is 0 Å². The summed E-state index contributed by atoms with van der Waals surface area (Å²) in [5.74, 6) is -0.104. The molecule has 17 heavy (non-hydrogen) atoms. The van der Waals surface area contributed by atoms with E-state index in [1.165, 1.54) is 25.3 Å². The Balaban J connectivity index is 2.43. The maximum atomic E-state index is 13.7. The molecule has 0 spiro atoms. The third kappa shape index (κ3) is 2.41. The fourth-order valence-corrected chi connectivity index (χ4v) is 2.22. The smallest absolute Gasteiger partial charge is 0.128 e. The number of halogens is 3. The summed E-state index contributed by atoms with van der Waals surface area (Å²) < 4.78 is 32.3. The highest BCUT2D eigenvalue weighted by Gasteiger charge is 2.18. The number of benzene rings is 1. The van der Waals surface area contributed by atoms with Gasteiger partial charge >= 0.3 is 0 Å². The highest BCUT2D eigenvalue weighted by Crippen LogP contribution is 2.34. The standard InChI is InChI=1S/C13H11BrF2O/c1-7-3-12(16)10(5-11(7)15)13(14)9-4-8(2)17-6-9/h3-6,13H,1-2H3. The van der Waals surface area contributed by atoms with E-state index in [4.69, 9.17) is 4.42 Å². The van der Waals surface area contributed by atoms with Gasteiger partial charge in [0.25, 0.3) is 0 Å². The highest BCUT2D eigenvalue weighted by atomic mass is 79.9. The van der Waals surface area contributed by atoms with Crippen LogP contribution in [0.4, 0.5) is 8.78 Å². The van der Waals surface area contributed by atoms with Crippen LogP contribution in [0.1, 0.15) is 27.3 Å². The van der Waals surface area contributed by atoms with Crippen molar-refractivity contribution in [3.63, 3.8) is 0 Å². The van der Waals surface area contributed by atoms with Gasteiger partial charge in [0.1, 0.15) is 17.4 Å². The van der Waals surface area contributed by atoms with E-state index < -0.39 is 16.5 Å². The summed E-state index contributed by atoms with van der Waals surface area (Å²) in [5.41, 5.74) is 1.34. The van der Waals surface area contributed by atoms with Crippen molar-refractivity contribution in [3.05, 3.63) is 58.5 Å². The minimum absolute atomic E-state index is 0.272. The first kappa shape index (κ1) is 12.3. The molecule has 0 N–H and O–H groups in total. The minimum Gasteiger partial charge on any atom is -0.469 e. The zero-order valence-electron chi connectivity index (χ0n) is 9.43. The summed E-state index contributed by atoms with van der Waals surface area (Å²) in [7, 11) is 0. The quantitative estimate of drug-likeness (QED) is 0.735. The van der Waals surface area contributed by atoms with Crippen molar-refractivity contribution in [1.29, 1.82) is 0 Å².